The zero-order valence-corrected chi connectivity index (χ0v) is 22.4. The summed E-state index contributed by atoms with van der Waals surface area (Å²) in [5.74, 6) is 0.607. The van der Waals surface area contributed by atoms with Crippen molar-refractivity contribution in [3.8, 4) is 22.8 Å². The lowest BCUT2D eigenvalue weighted by Crippen LogP contribution is -2.34. The summed E-state index contributed by atoms with van der Waals surface area (Å²) < 4.78 is 5.84. The molecule has 11 heteroatoms. The minimum atomic E-state index is -1.01. The highest BCUT2D eigenvalue weighted by molar-refractivity contribution is 7.17. The van der Waals surface area contributed by atoms with E-state index >= 15 is 0 Å². The van der Waals surface area contributed by atoms with Crippen molar-refractivity contribution in [1.29, 1.82) is 0 Å². The van der Waals surface area contributed by atoms with Crippen LogP contribution in [-0.2, 0) is 0 Å². The van der Waals surface area contributed by atoms with Gasteiger partial charge in [-0.2, -0.15) is 0 Å². The molecule has 0 bridgehead atoms. The van der Waals surface area contributed by atoms with Crippen molar-refractivity contribution in [2.75, 3.05) is 18.0 Å². The van der Waals surface area contributed by atoms with Gasteiger partial charge in [0.1, 0.15) is 22.1 Å². The molecule has 0 spiro atoms. The number of anilines is 1. The average Bonchev–Trinajstić information content (AvgIpc) is 3.29. The number of amides is 1. The molecule has 3 heterocycles. The second-order valence-electron chi connectivity index (χ2n) is 9.40. The van der Waals surface area contributed by atoms with Crippen LogP contribution in [0.25, 0.3) is 11.3 Å². The number of carboxylic acids is 1. The summed E-state index contributed by atoms with van der Waals surface area (Å²) in [6, 6.07) is 16.7. The Morgan fingerprint density at radius 2 is 1.71 bits per heavy atom. The number of piperidine rings is 1. The van der Waals surface area contributed by atoms with Crippen molar-refractivity contribution in [2.24, 2.45) is 11.8 Å². The topological polar surface area (TPSA) is 108 Å². The molecule has 3 atom stereocenters. The first-order chi connectivity index (χ1) is 18.3. The van der Waals surface area contributed by atoms with Crippen LogP contribution in [0.5, 0.6) is 11.5 Å². The minimum absolute atomic E-state index is 0.0349. The van der Waals surface area contributed by atoms with Gasteiger partial charge < -0.3 is 25.0 Å². The van der Waals surface area contributed by atoms with E-state index in [1.54, 1.807) is 19.1 Å². The fourth-order valence-electron chi connectivity index (χ4n) is 4.94. The van der Waals surface area contributed by atoms with Crippen LogP contribution in [0, 0.1) is 18.8 Å². The van der Waals surface area contributed by atoms with Gasteiger partial charge in [-0.3, -0.25) is 4.79 Å². The SMILES string of the molecule is Cc1[nH]c(C(=O)NC2[C@H]3CN(c4nc(-c5ccc(Oc6ccccc6)cc5)c(C(=O)O)s4)C[C@@H]23)c(Cl)c1Cl. The molecule has 1 unspecified atom stereocenters. The predicted octanol–water partition coefficient (Wildman–Crippen LogP) is 6.11. The average molecular weight is 569 g/mol. The third-order valence-electron chi connectivity index (χ3n) is 6.96. The number of rotatable bonds is 7. The highest BCUT2D eigenvalue weighted by Crippen LogP contribution is 2.48. The molecule has 1 saturated carbocycles. The number of aromatic nitrogens is 2. The molecule has 2 aromatic carbocycles. The van der Waals surface area contributed by atoms with E-state index in [0.29, 0.717) is 45.9 Å². The molecule has 1 amide bonds. The van der Waals surface area contributed by atoms with Crippen LogP contribution in [0.15, 0.2) is 54.6 Å². The van der Waals surface area contributed by atoms with E-state index in [0.717, 1.165) is 5.75 Å². The number of carbonyl (C=O) groups is 2. The fourth-order valence-corrected chi connectivity index (χ4v) is 6.30. The number of para-hydroxylation sites is 1. The number of thiazole rings is 1. The molecule has 1 saturated heterocycles. The number of aromatic carboxylic acids is 1. The van der Waals surface area contributed by atoms with E-state index in [9.17, 15) is 14.7 Å². The van der Waals surface area contributed by atoms with Crippen molar-refractivity contribution < 1.29 is 19.4 Å². The fraction of sp³-hybridized carbons (Fsp3) is 0.222. The summed E-state index contributed by atoms with van der Waals surface area (Å²) in [7, 11) is 0. The first-order valence-electron chi connectivity index (χ1n) is 12.0. The summed E-state index contributed by atoms with van der Waals surface area (Å²) in [4.78, 5) is 34.6. The minimum Gasteiger partial charge on any atom is -0.477 e. The number of nitrogens with zero attached hydrogens (tertiary/aromatic N) is 2. The predicted molar refractivity (Wildman–Crippen MR) is 147 cm³/mol. The first kappa shape index (κ1) is 24.8. The summed E-state index contributed by atoms with van der Waals surface area (Å²) in [6.45, 7) is 3.13. The van der Waals surface area contributed by atoms with Crippen LogP contribution in [-0.4, -0.2) is 46.1 Å². The van der Waals surface area contributed by atoms with E-state index in [1.807, 2.05) is 42.5 Å². The Hall–Kier alpha value is -3.53. The Bertz CT molecular complexity index is 1520. The molecular weight excluding hydrogens is 547 g/mol. The lowest BCUT2D eigenvalue weighted by atomic mass is 10.1. The van der Waals surface area contributed by atoms with Crippen molar-refractivity contribution in [3.05, 3.63) is 80.9 Å². The van der Waals surface area contributed by atoms with Gasteiger partial charge in [-0.05, 0) is 43.3 Å². The number of hydrogen-bond donors (Lipinski definition) is 3. The van der Waals surface area contributed by atoms with Gasteiger partial charge in [-0.25, -0.2) is 9.78 Å². The number of ether oxygens (including phenoxy) is 1. The molecule has 2 aromatic heterocycles. The monoisotopic (exact) mass is 568 g/mol. The van der Waals surface area contributed by atoms with Crippen LogP contribution < -0.4 is 15.0 Å². The second kappa shape index (κ2) is 9.65. The Labute approximate surface area is 232 Å². The van der Waals surface area contributed by atoms with Gasteiger partial charge in [0.05, 0.1) is 15.7 Å². The van der Waals surface area contributed by atoms with Gasteiger partial charge >= 0.3 is 5.97 Å². The number of halogens is 2. The van der Waals surface area contributed by atoms with Crippen molar-refractivity contribution in [1.82, 2.24) is 15.3 Å². The maximum atomic E-state index is 12.7. The van der Waals surface area contributed by atoms with Gasteiger partial charge in [0.15, 0.2) is 5.13 Å². The highest BCUT2D eigenvalue weighted by Gasteiger charge is 2.57. The van der Waals surface area contributed by atoms with Gasteiger partial charge in [-0.1, -0.05) is 52.7 Å². The Kier molecular flexibility index (Phi) is 6.29. The number of aromatic amines is 1. The molecule has 6 rings (SSSR count). The van der Waals surface area contributed by atoms with E-state index < -0.39 is 5.97 Å². The molecule has 8 nitrogen and oxygen atoms in total. The molecule has 2 fully saturated rings. The second-order valence-corrected chi connectivity index (χ2v) is 11.1. The maximum absolute atomic E-state index is 12.7. The highest BCUT2D eigenvalue weighted by atomic mass is 35.5. The number of aryl methyl sites for hydroxylation is 1. The van der Waals surface area contributed by atoms with Gasteiger partial charge in [0, 0.05) is 42.2 Å². The van der Waals surface area contributed by atoms with Crippen LogP contribution in [0.4, 0.5) is 5.13 Å². The molecule has 1 aliphatic carbocycles. The molecule has 2 aliphatic rings. The molecule has 194 valence electrons. The third kappa shape index (κ3) is 4.51. The largest absolute Gasteiger partial charge is 0.477 e. The Morgan fingerprint density at radius 1 is 1.05 bits per heavy atom. The summed E-state index contributed by atoms with van der Waals surface area (Å²) >= 11 is 13.4. The maximum Gasteiger partial charge on any atom is 0.348 e. The van der Waals surface area contributed by atoms with E-state index in [2.05, 4.69) is 15.2 Å². The van der Waals surface area contributed by atoms with Crippen LogP contribution in [0.3, 0.4) is 0 Å². The number of nitrogens with one attached hydrogen (secondary N) is 2. The smallest absolute Gasteiger partial charge is 0.348 e. The van der Waals surface area contributed by atoms with Crippen LogP contribution in [0.1, 0.15) is 25.9 Å². The quantitative estimate of drug-likeness (QED) is 0.248. The number of carbonyl (C=O) groups excluding carboxylic acids is 1. The Morgan fingerprint density at radius 3 is 2.32 bits per heavy atom. The number of benzene rings is 2. The van der Waals surface area contributed by atoms with Crippen molar-refractivity contribution in [3.63, 3.8) is 0 Å². The number of H-pyrrole nitrogens is 1. The molecule has 0 radical (unpaired) electrons. The van der Waals surface area contributed by atoms with Crippen molar-refractivity contribution >= 4 is 51.5 Å². The summed E-state index contributed by atoms with van der Waals surface area (Å²) in [6.07, 6.45) is 0. The van der Waals surface area contributed by atoms with Crippen molar-refractivity contribution in [2.45, 2.75) is 13.0 Å². The number of fused-ring (bicyclic) bond motifs is 1. The standard InChI is InChI=1S/C27H22Cl2N4O4S/c1-13-19(28)20(29)23(30-13)25(34)31-22-17-11-33(12-18(17)22)27-32-21(24(38-27)26(35)36)14-7-9-16(10-8-14)37-15-5-3-2-4-6-15/h2-10,17-18,22,30H,11-12H2,1H3,(H,31,34)(H,35,36)/t17-,18+,22?. The lowest BCUT2D eigenvalue weighted by Gasteiger charge is -2.19. The number of carboxylic acid groups (broad SMARTS) is 1. The lowest BCUT2D eigenvalue weighted by molar-refractivity contribution is 0.0702. The molecule has 38 heavy (non-hydrogen) atoms. The molecule has 4 aromatic rings. The van der Waals surface area contributed by atoms with Gasteiger partial charge in [-0.15, -0.1) is 0 Å². The van der Waals surface area contributed by atoms with Gasteiger partial charge in [0.2, 0.25) is 0 Å². The summed E-state index contributed by atoms with van der Waals surface area (Å²) in [5.41, 5.74) is 2.06. The van der Waals surface area contributed by atoms with Gasteiger partial charge in [0.25, 0.3) is 5.91 Å². The third-order valence-corrected chi connectivity index (χ3v) is 9.01. The molecule has 3 N–H and O–H groups in total. The molecule has 1 aliphatic heterocycles. The van der Waals surface area contributed by atoms with Crippen LogP contribution in [0.2, 0.25) is 10.0 Å². The normalized spacial score (nSPS) is 19.8. The molecular formula is C27H22Cl2N4O4S. The number of hydrogen-bond acceptors (Lipinski definition) is 6. The van der Waals surface area contributed by atoms with Crippen LogP contribution >= 0.6 is 34.5 Å². The van der Waals surface area contributed by atoms with E-state index in [4.69, 9.17) is 32.9 Å². The summed E-state index contributed by atoms with van der Waals surface area (Å²) in [5, 5.41) is 14.1. The first-order valence-corrected chi connectivity index (χ1v) is 13.5. The zero-order valence-electron chi connectivity index (χ0n) is 20.1. The Balaban J connectivity index is 1.13. The van der Waals surface area contributed by atoms with E-state index in [1.165, 1.54) is 11.3 Å². The zero-order chi connectivity index (χ0) is 26.6. The van der Waals surface area contributed by atoms with E-state index in [-0.39, 0.29) is 39.4 Å².